The van der Waals surface area contributed by atoms with Crippen molar-refractivity contribution in [1.29, 1.82) is 0 Å². The molecule has 0 bridgehead atoms. The number of likely N-dealkylation sites (N-methyl/N-ethyl adjacent to an activating group) is 1. The number of benzene rings is 1. The zero-order valence-corrected chi connectivity index (χ0v) is 20.2. The summed E-state index contributed by atoms with van der Waals surface area (Å²) in [6.07, 6.45) is 2.34. The van der Waals surface area contributed by atoms with Gasteiger partial charge >= 0.3 is 0 Å². The van der Waals surface area contributed by atoms with Gasteiger partial charge < -0.3 is 20.4 Å². The quantitative estimate of drug-likeness (QED) is 0.234. The number of hydrogen-bond acceptors (Lipinski definition) is 3. The molecule has 1 saturated heterocycles. The molecule has 0 atom stereocenters. The number of unbranched alkanes of at least 4 members (excludes halogenated alkanes) is 1. The Balaban J connectivity index is 0.00000364. The molecule has 2 N–H and O–H groups in total. The Kier molecular flexibility index (Phi) is 12.7. The number of hydrogen-bond donors (Lipinski definition) is 2. The molecular formula is C19H32Cl2IN5. The van der Waals surface area contributed by atoms with E-state index in [-0.39, 0.29) is 24.0 Å². The van der Waals surface area contributed by atoms with Crippen molar-refractivity contribution in [3.63, 3.8) is 0 Å². The smallest absolute Gasteiger partial charge is 0.191 e. The highest BCUT2D eigenvalue weighted by atomic mass is 127. The summed E-state index contributed by atoms with van der Waals surface area (Å²) in [5, 5.41) is 8.00. The fourth-order valence-electron chi connectivity index (χ4n) is 2.89. The minimum Gasteiger partial charge on any atom is -0.357 e. The fraction of sp³-hybridized carbons (Fsp3) is 0.632. The van der Waals surface area contributed by atoms with Crippen molar-refractivity contribution in [3.8, 4) is 0 Å². The Labute approximate surface area is 190 Å². The van der Waals surface area contributed by atoms with Gasteiger partial charge in [-0.2, -0.15) is 0 Å². The molecule has 5 nitrogen and oxygen atoms in total. The summed E-state index contributed by atoms with van der Waals surface area (Å²) in [7, 11) is 2.19. The summed E-state index contributed by atoms with van der Waals surface area (Å²) in [6.45, 7) is 10.3. The minimum absolute atomic E-state index is 0. The molecule has 2 rings (SSSR count). The first-order chi connectivity index (χ1) is 12.6. The Hall–Kier alpha value is -0.280. The SMILES string of the molecule is CCNC(=NCc1ccc(Cl)cc1Cl)NCCCCN1CCN(C)CC1.I. The third kappa shape index (κ3) is 9.65. The molecule has 27 heavy (non-hydrogen) atoms. The van der Waals surface area contributed by atoms with Gasteiger partial charge in [-0.15, -0.1) is 24.0 Å². The van der Waals surface area contributed by atoms with E-state index in [0.29, 0.717) is 16.6 Å². The normalized spacial score (nSPS) is 16.1. The van der Waals surface area contributed by atoms with Crippen LogP contribution in [0.1, 0.15) is 25.3 Å². The molecule has 0 amide bonds. The Morgan fingerprint density at radius 3 is 2.52 bits per heavy atom. The van der Waals surface area contributed by atoms with Crippen LogP contribution in [-0.2, 0) is 6.54 Å². The molecule has 0 saturated carbocycles. The monoisotopic (exact) mass is 527 g/mol. The topological polar surface area (TPSA) is 42.9 Å². The standard InChI is InChI=1S/C19H31Cl2N5.HI/c1-3-22-19(24-15-16-6-7-17(20)14-18(16)21)23-8-4-5-9-26-12-10-25(2)11-13-26;/h6-7,14H,3-5,8-13,15H2,1-2H3,(H2,22,23,24);1H. The van der Waals surface area contributed by atoms with Gasteiger partial charge in [-0.1, -0.05) is 29.3 Å². The van der Waals surface area contributed by atoms with Crippen LogP contribution in [0.4, 0.5) is 0 Å². The Morgan fingerprint density at radius 2 is 1.85 bits per heavy atom. The van der Waals surface area contributed by atoms with Gasteiger partial charge in [0.05, 0.1) is 6.54 Å². The predicted octanol–water partition coefficient (Wildman–Crippen LogP) is 3.69. The van der Waals surface area contributed by atoms with Crippen LogP contribution in [0.5, 0.6) is 0 Å². The van der Waals surface area contributed by atoms with Crippen LogP contribution in [0.25, 0.3) is 0 Å². The second-order valence-corrected chi connectivity index (χ2v) is 7.55. The zero-order valence-electron chi connectivity index (χ0n) is 16.3. The summed E-state index contributed by atoms with van der Waals surface area (Å²) < 4.78 is 0. The van der Waals surface area contributed by atoms with Crippen LogP contribution >= 0.6 is 47.2 Å². The van der Waals surface area contributed by atoms with Crippen LogP contribution < -0.4 is 10.6 Å². The Bertz CT molecular complexity index is 577. The number of aliphatic imine (C=N–C) groups is 1. The zero-order chi connectivity index (χ0) is 18.8. The van der Waals surface area contributed by atoms with E-state index in [2.05, 4.69) is 39.4 Å². The van der Waals surface area contributed by atoms with Gasteiger partial charge in [0.1, 0.15) is 0 Å². The number of nitrogens with zero attached hydrogens (tertiary/aromatic N) is 3. The lowest BCUT2D eigenvalue weighted by Crippen LogP contribution is -2.44. The maximum Gasteiger partial charge on any atom is 0.191 e. The summed E-state index contributed by atoms with van der Waals surface area (Å²) in [6, 6.07) is 5.53. The number of piperazine rings is 1. The van der Waals surface area contributed by atoms with Gasteiger partial charge in [0.2, 0.25) is 0 Å². The molecule has 154 valence electrons. The van der Waals surface area contributed by atoms with Gasteiger partial charge in [-0.05, 0) is 51.1 Å². The van der Waals surface area contributed by atoms with Gasteiger partial charge in [0, 0.05) is 49.3 Å². The second kappa shape index (κ2) is 13.8. The van der Waals surface area contributed by atoms with E-state index in [1.807, 2.05) is 12.1 Å². The van der Waals surface area contributed by atoms with Crippen molar-refractivity contribution in [2.45, 2.75) is 26.3 Å². The third-order valence-electron chi connectivity index (χ3n) is 4.56. The maximum absolute atomic E-state index is 6.22. The summed E-state index contributed by atoms with van der Waals surface area (Å²) in [5.41, 5.74) is 0.975. The second-order valence-electron chi connectivity index (χ2n) is 6.71. The number of nitrogens with one attached hydrogen (secondary N) is 2. The van der Waals surface area contributed by atoms with Crippen molar-refractivity contribution < 1.29 is 0 Å². The van der Waals surface area contributed by atoms with E-state index in [4.69, 9.17) is 23.2 Å². The van der Waals surface area contributed by atoms with E-state index >= 15 is 0 Å². The van der Waals surface area contributed by atoms with E-state index in [0.717, 1.165) is 31.0 Å². The Morgan fingerprint density at radius 1 is 1.11 bits per heavy atom. The van der Waals surface area contributed by atoms with Gasteiger partial charge in [0.15, 0.2) is 5.96 Å². The van der Waals surface area contributed by atoms with Crippen LogP contribution in [0.2, 0.25) is 10.0 Å². The van der Waals surface area contributed by atoms with Crippen molar-refractivity contribution in [2.24, 2.45) is 4.99 Å². The molecule has 1 aliphatic heterocycles. The highest BCUT2D eigenvalue weighted by molar-refractivity contribution is 14.0. The number of rotatable bonds is 8. The van der Waals surface area contributed by atoms with Gasteiger partial charge in [-0.3, -0.25) is 0 Å². The lowest BCUT2D eigenvalue weighted by molar-refractivity contribution is 0.152. The molecule has 1 aromatic carbocycles. The first kappa shape index (κ1) is 24.8. The predicted molar refractivity (Wildman–Crippen MR) is 128 cm³/mol. The van der Waals surface area contributed by atoms with E-state index < -0.39 is 0 Å². The van der Waals surface area contributed by atoms with E-state index in [1.54, 1.807) is 6.07 Å². The molecule has 8 heteroatoms. The van der Waals surface area contributed by atoms with Crippen molar-refractivity contribution >= 4 is 53.1 Å². The summed E-state index contributed by atoms with van der Waals surface area (Å²) >= 11 is 12.2. The first-order valence-electron chi connectivity index (χ1n) is 9.45. The third-order valence-corrected chi connectivity index (χ3v) is 5.14. The average molecular weight is 528 g/mol. The highest BCUT2D eigenvalue weighted by Crippen LogP contribution is 2.21. The van der Waals surface area contributed by atoms with Crippen LogP contribution in [0.3, 0.4) is 0 Å². The molecule has 0 unspecified atom stereocenters. The van der Waals surface area contributed by atoms with Crippen molar-refractivity contribution in [1.82, 2.24) is 20.4 Å². The van der Waals surface area contributed by atoms with Crippen molar-refractivity contribution in [3.05, 3.63) is 33.8 Å². The fourth-order valence-corrected chi connectivity index (χ4v) is 3.36. The first-order valence-corrected chi connectivity index (χ1v) is 10.2. The van der Waals surface area contributed by atoms with E-state index in [9.17, 15) is 0 Å². The average Bonchev–Trinajstić information content (AvgIpc) is 2.62. The lowest BCUT2D eigenvalue weighted by Gasteiger charge is -2.32. The number of halogens is 3. The summed E-state index contributed by atoms with van der Waals surface area (Å²) in [4.78, 5) is 9.57. The number of guanidine groups is 1. The maximum atomic E-state index is 6.22. The molecule has 1 fully saturated rings. The van der Waals surface area contributed by atoms with Crippen LogP contribution in [0, 0.1) is 0 Å². The summed E-state index contributed by atoms with van der Waals surface area (Å²) in [5.74, 6) is 0.832. The molecule has 1 aliphatic rings. The molecule has 0 aliphatic carbocycles. The largest absolute Gasteiger partial charge is 0.357 e. The highest BCUT2D eigenvalue weighted by Gasteiger charge is 2.12. The van der Waals surface area contributed by atoms with Gasteiger partial charge in [0.25, 0.3) is 0 Å². The molecule has 0 radical (unpaired) electrons. The van der Waals surface area contributed by atoms with Crippen LogP contribution in [0.15, 0.2) is 23.2 Å². The minimum atomic E-state index is 0. The molecular weight excluding hydrogens is 496 g/mol. The van der Waals surface area contributed by atoms with E-state index in [1.165, 1.54) is 39.1 Å². The molecule has 1 heterocycles. The molecule has 1 aromatic rings. The van der Waals surface area contributed by atoms with Crippen LogP contribution in [-0.4, -0.2) is 68.6 Å². The lowest BCUT2D eigenvalue weighted by atomic mass is 10.2. The van der Waals surface area contributed by atoms with Crippen molar-refractivity contribution in [2.75, 3.05) is 52.9 Å². The molecule has 0 aromatic heterocycles. The molecule has 0 spiro atoms. The van der Waals surface area contributed by atoms with Gasteiger partial charge in [-0.25, -0.2) is 4.99 Å².